The molecule has 1 unspecified atom stereocenters. The first-order valence-electron chi connectivity index (χ1n) is 8.43. The van der Waals surface area contributed by atoms with Crippen molar-refractivity contribution in [1.82, 2.24) is 10.2 Å². The molecule has 1 amide bonds. The fourth-order valence-electron chi connectivity index (χ4n) is 3.02. The van der Waals surface area contributed by atoms with Gasteiger partial charge in [0.1, 0.15) is 5.75 Å². The fourth-order valence-corrected chi connectivity index (χ4v) is 3.02. The van der Waals surface area contributed by atoms with Gasteiger partial charge in [-0.1, -0.05) is 19.1 Å². The molecule has 0 radical (unpaired) electrons. The van der Waals surface area contributed by atoms with Crippen molar-refractivity contribution in [2.24, 2.45) is 5.92 Å². The molecule has 0 aromatic heterocycles. The molecule has 0 aliphatic carbocycles. The Morgan fingerprint density at radius 2 is 2.17 bits per heavy atom. The second kappa shape index (κ2) is 8.89. The van der Waals surface area contributed by atoms with E-state index in [1.54, 1.807) is 13.2 Å². The number of methoxy groups -OCH3 is 1. The number of carbonyl (C=O) groups excluding carboxylic acids is 1. The molecule has 1 saturated heterocycles. The largest absolute Gasteiger partial charge is 0.497 e. The third-order valence-electron chi connectivity index (χ3n) is 4.60. The Kier molecular flexibility index (Phi) is 6.86. The third-order valence-corrected chi connectivity index (χ3v) is 4.60. The van der Waals surface area contributed by atoms with E-state index < -0.39 is 6.10 Å². The van der Waals surface area contributed by atoms with Gasteiger partial charge in [-0.25, -0.2) is 0 Å². The predicted molar refractivity (Wildman–Crippen MR) is 90.4 cm³/mol. The van der Waals surface area contributed by atoms with E-state index in [4.69, 9.17) is 4.74 Å². The van der Waals surface area contributed by atoms with Crippen LogP contribution in [0.15, 0.2) is 24.3 Å². The first-order chi connectivity index (χ1) is 11.1. The van der Waals surface area contributed by atoms with Crippen LogP contribution in [0.2, 0.25) is 0 Å². The molecule has 23 heavy (non-hydrogen) atoms. The van der Waals surface area contributed by atoms with Crippen molar-refractivity contribution in [3.8, 4) is 5.75 Å². The molecule has 2 rings (SSSR count). The van der Waals surface area contributed by atoms with Crippen molar-refractivity contribution < 1.29 is 14.6 Å². The summed E-state index contributed by atoms with van der Waals surface area (Å²) in [6.07, 6.45) is 2.01. The summed E-state index contributed by atoms with van der Waals surface area (Å²) in [6, 6.07) is 7.29. The van der Waals surface area contributed by atoms with Gasteiger partial charge in [0.15, 0.2) is 0 Å². The minimum Gasteiger partial charge on any atom is -0.497 e. The van der Waals surface area contributed by atoms with Crippen molar-refractivity contribution in [3.05, 3.63) is 29.8 Å². The molecule has 1 aromatic carbocycles. The number of hydrogen-bond donors (Lipinski definition) is 2. The number of amides is 1. The summed E-state index contributed by atoms with van der Waals surface area (Å²) in [6.45, 7) is 5.67. The molecule has 2 N–H and O–H groups in total. The van der Waals surface area contributed by atoms with E-state index in [9.17, 15) is 9.90 Å². The number of piperidine rings is 1. The highest BCUT2D eigenvalue weighted by molar-refractivity contribution is 5.76. The van der Waals surface area contributed by atoms with Crippen LogP contribution in [-0.2, 0) is 4.79 Å². The monoisotopic (exact) mass is 320 g/mol. The van der Waals surface area contributed by atoms with Crippen LogP contribution in [0.25, 0.3) is 0 Å². The standard InChI is InChI=1S/C18H28N2O3/c1-3-20-9-7-14(8-10-20)11-18(22)19-13-17(21)15-5-4-6-16(12-15)23-2/h4-6,12,14,17,21H,3,7-11,13H2,1-2H3,(H,19,22). The zero-order valence-electron chi connectivity index (χ0n) is 14.1. The van der Waals surface area contributed by atoms with E-state index >= 15 is 0 Å². The summed E-state index contributed by atoms with van der Waals surface area (Å²) < 4.78 is 5.15. The minimum atomic E-state index is -0.712. The summed E-state index contributed by atoms with van der Waals surface area (Å²) in [4.78, 5) is 14.5. The molecule has 5 nitrogen and oxygen atoms in total. The third kappa shape index (κ3) is 5.52. The van der Waals surface area contributed by atoms with Gasteiger partial charge in [0, 0.05) is 13.0 Å². The summed E-state index contributed by atoms with van der Waals surface area (Å²) in [7, 11) is 1.59. The maximum absolute atomic E-state index is 12.1. The second-order valence-corrected chi connectivity index (χ2v) is 6.18. The van der Waals surface area contributed by atoms with Crippen LogP contribution >= 0.6 is 0 Å². The number of nitrogens with one attached hydrogen (secondary N) is 1. The average molecular weight is 320 g/mol. The number of nitrogens with zero attached hydrogens (tertiary/aromatic N) is 1. The molecule has 0 spiro atoms. The maximum Gasteiger partial charge on any atom is 0.220 e. The average Bonchev–Trinajstić information content (AvgIpc) is 2.60. The van der Waals surface area contributed by atoms with Crippen molar-refractivity contribution in [3.63, 3.8) is 0 Å². The molecular formula is C18H28N2O3. The van der Waals surface area contributed by atoms with Crippen LogP contribution in [0, 0.1) is 5.92 Å². The summed E-state index contributed by atoms with van der Waals surface area (Å²) in [5.74, 6) is 1.20. The van der Waals surface area contributed by atoms with E-state index in [-0.39, 0.29) is 12.5 Å². The molecule has 0 bridgehead atoms. The minimum absolute atomic E-state index is 0.0295. The van der Waals surface area contributed by atoms with Gasteiger partial charge >= 0.3 is 0 Å². The smallest absolute Gasteiger partial charge is 0.220 e. The van der Waals surface area contributed by atoms with Gasteiger partial charge in [-0.2, -0.15) is 0 Å². The summed E-state index contributed by atoms with van der Waals surface area (Å²) in [5.41, 5.74) is 0.751. The van der Waals surface area contributed by atoms with E-state index in [0.29, 0.717) is 18.1 Å². The highest BCUT2D eigenvalue weighted by Gasteiger charge is 2.21. The molecule has 1 aliphatic rings. The normalized spacial score (nSPS) is 17.7. The quantitative estimate of drug-likeness (QED) is 0.806. The lowest BCUT2D eigenvalue weighted by molar-refractivity contribution is -0.122. The number of ether oxygens (including phenoxy) is 1. The van der Waals surface area contributed by atoms with Crippen LogP contribution in [0.3, 0.4) is 0 Å². The van der Waals surface area contributed by atoms with E-state index in [2.05, 4.69) is 17.1 Å². The lowest BCUT2D eigenvalue weighted by Crippen LogP contribution is -2.36. The van der Waals surface area contributed by atoms with E-state index in [1.165, 1.54) is 0 Å². The van der Waals surface area contributed by atoms with Crippen molar-refractivity contribution >= 4 is 5.91 Å². The molecule has 1 fully saturated rings. The van der Waals surface area contributed by atoms with Crippen LogP contribution in [0.4, 0.5) is 0 Å². The Hall–Kier alpha value is -1.59. The Morgan fingerprint density at radius 3 is 2.83 bits per heavy atom. The Labute approximate surface area is 138 Å². The molecule has 0 saturated carbocycles. The zero-order valence-corrected chi connectivity index (χ0v) is 14.1. The molecule has 5 heteroatoms. The van der Waals surface area contributed by atoms with Gasteiger partial charge in [0.05, 0.1) is 13.2 Å². The fraction of sp³-hybridized carbons (Fsp3) is 0.611. The molecule has 128 valence electrons. The van der Waals surface area contributed by atoms with Gasteiger partial charge in [0.25, 0.3) is 0 Å². The van der Waals surface area contributed by atoms with Gasteiger partial charge in [0.2, 0.25) is 5.91 Å². The number of aliphatic hydroxyl groups excluding tert-OH is 1. The first kappa shape index (κ1) is 17.8. The van der Waals surface area contributed by atoms with Crippen LogP contribution < -0.4 is 10.1 Å². The lowest BCUT2D eigenvalue weighted by atomic mass is 9.93. The molecule has 1 atom stereocenters. The van der Waals surface area contributed by atoms with Crippen molar-refractivity contribution in [2.45, 2.75) is 32.3 Å². The van der Waals surface area contributed by atoms with Gasteiger partial charge in [-0.15, -0.1) is 0 Å². The van der Waals surface area contributed by atoms with E-state index in [0.717, 1.165) is 38.0 Å². The highest BCUT2D eigenvalue weighted by atomic mass is 16.5. The van der Waals surface area contributed by atoms with Crippen molar-refractivity contribution in [2.75, 3.05) is 33.3 Å². The molecule has 1 heterocycles. The Morgan fingerprint density at radius 1 is 1.43 bits per heavy atom. The topological polar surface area (TPSA) is 61.8 Å². The SMILES string of the molecule is CCN1CCC(CC(=O)NCC(O)c2cccc(OC)c2)CC1. The highest BCUT2D eigenvalue weighted by Crippen LogP contribution is 2.21. The number of carbonyl (C=O) groups is 1. The van der Waals surface area contributed by atoms with Crippen LogP contribution in [0.5, 0.6) is 5.75 Å². The number of hydrogen-bond acceptors (Lipinski definition) is 4. The van der Waals surface area contributed by atoms with Gasteiger partial charge in [-0.05, 0) is 56.1 Å². The number of aliphatic hydroxyl groups is 1. The van der Waals surface area contributed by atoms with Crippen molar-refractivity contribution in [1.29, 1.82) is 0 Å². The zero-order chi connectivity index (χ0) is 16.7. The number of likely N-dealkylation sites (tertiary alicyclic amines) is 1. The summed E-state index contributed by atoms with van der Waals surface area (Å²) in [5, 5.41) is 13.0. The van der Waals surface area contributed by atoms with Gasteiger partial charge < -0.3 is 20.1 Å². The Balaban J connectivity index is 1.73. The maximum atomic E-state index is 12.1. The predicted octanol–water partition coefficient (Wildman–Crippen LogP) is 1.97. The Bertz CT molecular complexity index is 499. The molecule has 1 aromatic rings. The van der Waals surface area contributed by atoms with Crippen LogP contribution in [-0.4, -0.2) is 49.2 Å². The molecule has 1 aliphatic heterocycles. The van der Waals surface area contributed by atoms with Gasteiger partial charge in [-0.3, -0.25) is 4.79 Å². The van der Waals surface area contributed by atoms with E-state index in [1.807, 2.05) is 18.2 Å². The second-order valence-electron chi connectivity index (χ2n) is 6.18. The molecular weight excluding hydrogens is 292 g/mol. The first-order valence-corrected chi connectivity index (χ1v) is 8.43. The summed E-state index contributed by atoms with van der Waals surface area (Å²) >= 11 is 0. The lowest BCUT2D eigenvalue weighted by Gasteiger charge is -2.30. The number of benzene rings is 1. The number of rotatable bonds is 7. The van der Waals surface area contributed by atoms with Crippen LogP contribution in [0.1, 0.15) is 37.9 Å².